The Hall–Kier alpha value is -2.39. The van der Waals surface area contributed by atoms with Gasteiger partial charge in [0.1, 0.15) is 5.76 Å². The van der Waals surface area contributed by atoms with Gasteiger partial charge < -0.3 is 5.11 Å². The maximum atomic E-state index is 12.5. The summed E-state index contributed by atoms with van der Waals surface area (Å²) >= 11 is 5.97. The predicted octanol–water partition coefficient (Wildman–Crippen LogP) is 5.74. The molecular formula is C23H21ClO3. The molecule has 2 aromatic rings. The van der Waals surface area contributed by atoms with Crippen molar-refractivity contribution in [3.05, 3.63) is 75.8 Å². The average Bonchev–Trinajstić information content (AvgIpc) is 2.71. The van der Waals surface area contributed by atoms with Crippen LogP contribution in [0.3, 0.4) is 0 Å². The van der Waals surface area contributed by atoms with Crippen molar-refractivity contribution >= 4 is 28.9 Å². The maximum Gasteiger partial charge on any atom is 0.234 e. The first-order valence-electron chi connectivity index (χ1n) is 9.40. The number of ketones is 2. The normalized spacial score (nSPS) is 22.7. The van der Waals surface area contributed by atoms with Crippen molar-refractivity contribution < 1.29 is 14.7 Å². The zero-order valence-corrected chi connectivity index (χ0v) is 15.7. The highest BCUT2D eigenvalue weighted by Crippen LogP contribution is 2.40. The molecule has 2 aliphatic rings. The fraction of sp³-hybridized carbons (Fsp3) is 0.304. The van der Waals surface area contributed by atoms with Gasteiger partial charge in [-0.2, -0.15) is 0 Å². The number of Topliss-reactive ketones (excluding diaryl/α,β-unsaturated/α-hetero) is 2. The van der Waals surface area contributed by atoms with Crippen molar-refractivity contribution in [1.82, 2.24) is 0 Å². The van der Waals surface area contributed by atoms with Gasteiger partial charge in [0, 0.05) is 21.7 Å². The van der Waals surface area contributed by atoms with Gasteiger partial charge in [0.15, 0.2) is 0 Å². The Morgan fingerprint density at radius 1 is 0.852 bits per heavy atom. The highest BCUT2D eigenvalue weighted by atomic mass is 35.5. The summed E-state index contributed by atoms with van der Waals surface area (Å²) in [7, 11) is 0. The van der Waals surface area contributed by atoms with Gasteiger partial charge in [-0.15, -0.1) is 0 Å². The summed E-state index contributed by atoms with van der Waals surface area (Å²) in [5.74, 6) is -0.257. The van der Waals surface area contributed by atoms with Crippen molar-refractivity contribution in [3.63, 3.8) is 0 Å². The second kappa shape index (κ2) is 7.32. The van der Waals surface area contributed by atoms with Crippen molar-refractivity contribution in [1.29, 1.82) is 0 Å². The number of allylic oxidation sites excluding steroid dienone is 1. The number of halogens is 1. The van der Waals surface area contributed by atoms with Gasteiger partial charge in [-0.1, -0.05) is 48.0 Å². The molecule has 4 heteroatoms. The van der Waals surface area contributed by atoms with Gasteiger partial charge in [0.05, 0.1) is 0 Å². The molecule has 138 valence electrons. The number of rotatable bonds is 3. The van der Waals surface area contributed by atoms with Crippen LogP contribution >= 0.6 is 11.6 Å². The van der Waals surface area contributed by atoms with Crippen LogP contribution < -0.4 is 0 Å². The van der Waals surface area contributed by atoms with E-state index in [1.54, 1.807) is 24.3 Å². The number of fused-ring (bicyclic) bond motifs is 1. The van der Waals surface area contributed by atoms with E-state index in [1.165, 1.54) is 5.56 Å². The molecule has 0 spiro atoms. The number of carbonyl (C=O) groups is 2. The number of benzene rings is 2. The zero-order chi connectivity index (χ0) is 19.0. The Bertz CT molecular complexity index is 919. The number of hydrogen-bond acceptors (Lipinski definition) is 3. The van der Waals surface area contributed by atoms with E-state index in [0.29, 0.717) is 29.4 Å². The van der Waals surface area contributed by atoms with Gasteiger partial charge in [-0.25, -0.2) is 0 Å². The lowest BCUT2D eigenvalue weighted by atomic mass is 9.75. The van der Waals surface area contributed by atoms with Crippen molar-refractivity contribution in [2.24, 2.45) is 5.92 Å². The third kappa shape index (κ3) is 3.44. The lowest BCUT2D eigenvalue weighted by molar-refractivity contribution is -0.112. The smallest absolute Gasteiger partial charge is 0.234 e. The summed E-state index contributed by atoms with van der Waals surface area (Å²) in [5, 5.41) is 11.3. The van der Waals surface area contributed by atoms with Crippen LogP contribution in [0.5, 0.6) is 0 Å². The molecule has 0 aliphatic heterocycles. The van der Waals surface area contributed by atoms with E-state index in [4.69, 9.17) is 11.6 Å². The zero-order valence-electron chi connectivity index (χ0n) is 15.0. The van der Waals surface area contributed by atoms with E-state index in [-0.39, 0.29) is 11.3 Å². The fourth-order valence-electron chi connectivity index (χ4n) is 4.33. The molecule has 0 saturated heterocycles. The number of aliphatic hydroxyl groups excluding tert-OH is 1. The summed E-state index contributed by atoms with van der Waals surface area (Å²) in [6.45, 7) is 0. The van der Waals surface area contributed by atoms with Crippen molar-refractivity contribution in [3.8, 4) is 0 Å². The van der Waals surface area contributed by atoms with Crippen LogP contribution in [-0.2, 0) is 4.79 Å². The number of aliphatic hydroxyl groups is 1. The molecular weight excluding hydrogens is 360 g/mol. The third-order valence-electron chi connectivity index (χ3n) is 5.87. The Morgan fingerprint density at radius 3 is 2.15 bits per heavy atom. The molecule has 27 heavy (non-hydrogen) atoms. The molecule has 0 heterocycles. The summed E-state index contributed by atoms with van der Waals surface area (Å²) in [6.07, 6.45) is 4.51. The summed E-state index contributed by atoms with van der Waals surface area (Å²) < 4.78 is 0. The monoisotopic (exact) mass is 380 g/mol. The first kappa shape index (κ1) is 18.0. The van der Waals surface area contributed by atoms with E-state index >= 15 is 0 Å². The van der Waals surface area contributed by atoms with Crippen LogP contribution in [0.4, 0.5) is 0 Å². The molecule has 0 bridgehead atoms. The first-order chi connectivity index (χ1) is 13.0. The summed E-state index contributed by atoms with van der Waals surface area (Å²) in [5.41, 5.74) is 2.37. The Morgan fingerprint density at radius 2 is 1.48 bits per heavy atom. The van der Waals surface area contributed by atoms with Crippen LogP contribution in [0, 0.1) is 5.92 Å². The van der Waals surface area contributed by atoms with Crippen molar-refractivity contribution in [2.75, 3.05) is 0 Å². The van der Waals surface area contributed by atoms with Crippen LogP contribution in [0.2, 0.25) is 5.02 Å². The second-order valence-corrected chi connectivity index (χ2v) is 7.94. The van der Waals surface area contributed by atoms with E-state index < -0.39 is 11.6 Å². The van der Waals surface area contributed by atoms with Crippen LogP contribution in [0.1, 0.15) is 59.5 Å². The lowest BCUT2D eigenvalue weighted by Crippen LogP contribution is -2.26. The van der Waals surface area contributed by atoms with Crippen molar-refractivity contribution in [2.45, 2.75) is 38.0 Å². The molecule has 0 radical (unpaired) electrons. The summed E-state index contributed by atoms with van der Waals surface area (Å²) in [4.78, 5) is 24.9. The standard InChI is InChI=1S/C23H21ClO3/c24-17-11-9-16(10-12-17)15-7-5-14(6-8-15)13-20-21(25)18-3-1-2-4-19(18)22(26)23(20)27/h1-4,9-12,14-15,25H,5-8,13H2. The van der Waals surface area contributed by atoms with Gasteiger partial charge >= 0.3 is 0 Å². The SMILES string of the molecule is O=C1C(=O)c2ccccc2C(O)=C1CC1CCC(c2ccc(Cl)cc2)CC1. The maximum absolute atomic E-state index is 12.5. The fourth-order valence-corrected chi connectivity index (χ4v) is 4.46. The minimum Gasteiger partial charge on any atom is -0.507 e. The molecule has 3 nitrogen and oxygen atoms in total. The Labute approximate surface area is 163 Å². The van der Waals surface area contributed by atoms with E-state index in [0.717, 1.165) is 30.7 Å². The molecule has 0 atom stereocenters. The minimum atomic E-state index is -0.550. The van der Waals surface area contributed by atoms with Gasteiger partial charge in [0.2, 0.25) is 11.6 Å². The van der Waals surface area contributed by atoms with Crippen LogP contribution in [0.15, 0.2) is 54.1 Å². The molecule has 1 N–H and O–H groups in total. The summed E-state index contributed by atoms with van der Waals surface area (Å²) in [6, 6.07) is 14.8. The first-order valence-corrected chi connectivity index (χ1v) is 9.78. The topological polar surface area (TPSA) is 54.4 Å². The predicted molar refractivity (Wildman–Crippen MR) is 106 cm³/mol. The van der Waals surface area contributed by atoms with E-state index in [1.807, 2.05) is 12.1 Å². The highest BCUT2D eigenvalue weighted by molar-refractivity contribution is 6.52. The third-order valence-corrected chi connectivity index (χ3v) is 6.13. The van der Waals surface area contributed by atoms with Crippen LogP contribution in [0.25, 0.3) is 5.76 Å². The Kier molecular flexibility index (Phi) is 4.88. The number of hydrogen-bond donors (Lipinski definition) is 1. The molecule has 0 aromatic heterocycles. The largest absolute Gasteiger partial charge is 0.507 e. The van der Waals surface area contributed by atoms with E-state index in [9.17, 15) is 14.7 Å². The molecule has 1 saturated carbocycles. The molecule has 0 unspecified atom stereocenters. The average molecular weight is 381 g/mol. The minimum absolute atomic E-state index is 0.0185. The van der Waals surface area contributed by atoms with Gasteiger partial charge in [0.25, 0.3) is 0 Å². The molecule has 2 aliphatic carbocycles. The quantitative estimate of drug-likeness (QED) is 0.691. The Balaban J connectivity index is 1.48. The highest BCUT2D eigenvalue weighted by Gasteiger charge is 2.34. The molecule has 1 fully saturated rings. The second-order valence-electron chi connectivity index (χ2n) is 7.50. The lowest BCUT2D eigenvalue weighted by Gasteiger charge is -2.30. The van der Waals surface area contributed by atoms with Gasteiger partial charge in [-0.05, 0) is 61.6 Å². The molecule has 2 aromatic carbocycles. The van der Waals surface area contributed by atoms with Crippen LogP contribution in [-0.4, -0.2) is 16.7 Å². The van der Waals surface area contributed by atoms with E-state index in [2.05, 4.69) is 12.1 Å². The molecule has 4 rings (SSSR count). The number of carbonyl (C=O) groups excluding carboxylic acids is 2. The van der Waals surface area contributed by atoms with Gasteiger partial charge in [-0.3, -0.25) is 9.59 Å². The molecule has 0 amide bonds.